The Morgan fingerprint density at radius 2 is 1.94 bits per heavy atom. The Kier molecular flexibility index (Phi) is 15.9. The minimum absolute atomic E-state index is 0.273. The normalized spacial score (nSPS) is 11.3. The second-order valence-corrected chi connectivity index (χ2v) is 4.80. The first-order valence-corrected chi connectivity index (χ1v) is 7.95. The van der Waals surface area contributed by atoms with Crippen molar-refractivity contribution in [2.45, 2.75) is 32.8 Å². The standard InChI is InChI=1S/C10H23NO5S2/c1-10(2)12-7-4-6-11-14-16-18-9-5-8-13-15-17-3/h10-11H,4-9H2,1-3H3. The lowest BCUT2D eigenvalue weighted by Crippen LogP contribution is -2.17. The first-order valence-electron chi connectivity index (χ1n) is 5.89. The van der Waals surface area contributed by atoms with Crippen molar-refractivity contribution in [1.29, 1.82) is 0 Å². The van der Waals surface area contributed by atoms with E-state index in [1.807, 2.05) is 13.8 Å². The van der Waals surface area contributed by atoms with Gasteiger partial charge in [-0.1, -0.05) is 0 Å². The van der Waals surface area contributed by atoms with Gasteiger partial charge in [0.15, 0.2) is 0 Å². The number of nitrogens with one attached hydrogen (secondary N) is 1. The minimum Gasteiger partial charge on any atom is -0.379 e. The van der Waals surface area contributed by atoms with Crippen LogP contribution in [0.5, 0.6) is 0 Å². The Morgan fingerprint density at radius 3 is 2.67 bits per heavy atom. The molecule has 0 amide bonds. The summed E-state index contributed by atoms with van der Waals surface area (Å²) >= 11 is 2.40. The van der Waals surface area contributed by atoms with Crippen LogP contribution < -0.4 is 5.48 Å². The molecule has 8 heteroatoms. The summed E-state index contributed by atoms with van der Waals surface area (Å²) in [6.07, 6.45) is 3.78. The van der Waals surface area contributed by atoms with Crippen molar-refractivity contribution in [2.75, 3.05) is 31.8 Å². The second-order valence-electron chi connectivity index (χ2n) is 3.55. The predicted molar refractivity (Wildman–Crippen MR) is 73.5 cm³/mol. The number of hydroxylamine groups is 1. The average Bonchev–Trinajstić information content (AvgIpc) is 2.34. The Labute approximate surface area is 118 Å². The zero-order valence-electron chi connectivity index (χ0n) is 11.2. The molecule has 0 atom stereocenters. The highest BCUT2D eigenvalue weighted by Gasteiger charge is 1.95. The number of hydrogen-bond acceptors (Lipinski definition) is 8. The van der Waals surface area contributed by atoms with Gasteiger partial charge < -0.3 is 4.74 Å². The number of ether oxygens (including phenoxy) is 1. The average molecular weight is 301 g/mol. The van der Waals surface area contributed by atoms with E-state index in [2.05, 4.69) is 9.81 Å². The van der Waals surface area contributed by atoms with Crippen LogP contribution in [0.3, 0.4) is 0 Å². The molecule has 0 aliphatic carbocycles. The van der Waals surface area contributed by atoms with Crippen molar-refractivity contribution in [3.8, 4) is 0 Å². The van der Waals surface area contributed by atoms with Gasteiger partial charge in [0.2, 0.25) is 0 Å². The van der Waals surface area contributed by atoms with Crippen LogP contribution in [0, 0.1) is 0 Å². The number of rotatable bonds is 14. The first-order chi connectivity index (χ1) is 8.77. The van der Waals surface area contributed by atoms with E-state index in [-0.39, 0.29) is 6.10 Å². The maximum atomic E-state index is 5.36. The topological polar surface area (TPSA) is 58.2 Å². The highest BCUT2D eigenvalue weighted by molar-refractivity contribution is 7.94. The third-order valence-electron chi connectivity index (χ3n) is 1.59. The fraction of sp³-hybridized carbons (Fsp3) is 1.00. The summed E-state index contributed by atoms with van der Waals surface area (Å²) < 4.78 is 14.8. The molecule has 6 nitrogen and oxygen atoms in total. The van der Waals surface area contributed by atoms with Crippen LogP contribution in [0.2, 0.25) is 0 Å². The van der Waals surface area contributed by atoms with Crippen molar-refractivity contribution in [3.05, 3.63) is 0 Å². The summed E-state index contributed by atoms with van der Waals surface area (Å²) in [6, 6.07) is 0. The van der Waals surface area contributed by atoms with Crippen molar-refractivity contribution < 1.29 is 23.3 Å². The van der Waals surface area contributed by atoms with Crippen molar-refractivity contribution in [1.82, 2.24) is 5.48 Å². The molecule has 18 heavy (non-hydrogen) atoms. The van der Waals surface area contributed by atoms with Gasteiger partial charge in [0.1, 0.15) is 0 Å². The Bertz CT molecular complexity index is 165. The fourth-order valence-corrected chi connectivity index (χ4v) is 1.41. The fourth-order valence-electron chi connectivity index (χ4n) is 0.846. The van der Waals surface area contributed by atoms with Crippen molar-refractivity contribution >= 4 is 24.1 Å². The van der Waals surface area contributed by atoms with E-state index < -0.39 is 0 Å². The van der Waals surface area contributed by atoms with Crippen LogP contribution >= 0.6 is 24.1 Å². The van der Waals surface area contributed by atoms with Crippen LogP contribution in [-0.4, -0.2) is 37.9 Å². The van der Waals surface area contributed by atoms with E-state index in [0.29, 0.717) is 19.8 Å². The van der Waals surface area contributed by atoms with Crippen LogP contribution in [0.15, 0.2) is 0 Å². The molecule has 0 aromatic heterocycles. The number of hydrogen-bond donors (Lipinski definition) is 1. The Balaban J connectivity index is 2.90. The molecule has 0 saturated carbocycles. The minimum atomic E-state index is 0.273. The molecule has 0 rings (SSSR count). The van der Waals surface area contributed by atoms with E-state index in [1.165, 1.54) is 24.1 Å². The van der Waals surface area contributed by atoms with Gasteiger partial charge in [-0.25, -0.2) is 4.89 Å². The van der Waals surface area contributed by atoms with Gasteiger partial charge >= 0.3 is 0 Å². The molecule has 0 aromatic rings. The third-order valence-corrected chi connectivity index (χ3v) is 2.44. The molecule has 110 valence electrons. The van der Waals surface area contributed by atoms with Crippen LogP contribution in [0.25, 0.3) is 0 Å². The molecule has 0 aliphatic rings. The van der Waals surface area contributed by atoms with Gasteiger partial charge in [-0.2, -0.15) is 9.81 Å². The molecule has 0 bridgehead atoms. The van der Waals surface area contributed by atoms with E-state index in [1.54, 1.807) is 6.26 Å². The highest BCUT2D eigenvalue weighted by Crippen LogP contribution is 2.05. The van der Waals surface area contributed by atoms with Gasteiger partial charge in [0, 0.05) is 49.2 Å². The van der Waals surface area contributed by atoms with Crippen LogP contribution in [0.1, 0.15) is 26.7 Å². The molecule has 0 aromatic carbocycles. The van der Waals surface area contributed by atoms with Crippen LogP contribution in [0.4, 0.5) is 0 Å². The maximum absolute atomic E-state index is 5.36. The van der Waals surface area contributed by atoms with E-state index in [9.17, 15) is 0 Å². The third kappa shape index (κ3) is 16.5. The molecule has 0 spiro atoms. The predicted octanol–water partition coefficient (Wildman–Crippen LogP) is 2.52. The van der Waals surface area contributed by atoms with E-state index in [4.69, 9.17) is 18.9 Å². The SMILES string of the molecule is CSOOCCCSOONCCCOC(C)C. The summed E-state index contributed by atoms with van der Waals surface area (Å²) in [7, 11) is 0. The van der Waals surface area contributed by atoms with Crippen molar-refractivity contribution in [2.24, 2.45) is 0 Å². The summed E-state index contributed by atoms with van der Waals surface area (Å²) in [6.45, 7) is 5.97. The molecule has 0 aliphatic heterocycles. The lowest BCUT2D eigenvalue weighted by atomic mass is 10.4. The smallest absolute Gasteiger partial charge is 0.0843 e. The molecular weight excluding hydrogens is 278 g/mol. The summed E-state index contributed by atoms with van der Waals surface area (Å²) in [5, 5.41) is 0. The second kappa shape index (κ2) is 15.5. The van der Waals surface area contributed by atoms with Gasteiger partial charge in [-0.15, -0.1) is 9.32 Å². The lowest BCUT2D eigenvalue weighted by Gasteiger charge is -2.07. The molecule has 0 radical (unpaired) electrons. The molecule has 0 unspecified atom stereocenters. The Morgan fingerprint density at radius 1 is 1.11 bits per heavy atom. The lowest BCUT2D eigenvalue weighted by molar-refractivity contribution is -0.245. The quantitative estimate of drug-likeness (QED) is 0.227. The first kappa shape index (κ1) is 18.5. The zero-order valence-corrected chi connectivity index (χ0v) is 12.8. The summed E-state index contributed by atoms with van der Waals surface area (Å²) in [5.41, 5.74) is 2.69. The molecule has 1 N–H and O–H groups in total. The zero-order chi connectivity index (χ0) is 13.5. The van der Waals surface area contributed by atoms with Gasteiger partial charge in [0.25, 0.3) is 0 Å². The monoisotopic (exact) mass is 301 g/mol. The van der Waals surface area contributed by atoms with Gasteiger partial charge in [0.05, 0.1) is 12.7 Å². The summed E-state index contributed by atoms with van der Waals surface area (Å²) in [5.74, 6) is 0.774. The maximum Gasteiger partial charge on any atom is 0.0843 e. The van der Waals surface area contributed by atoms with Crippen LogP contribution in [-0.2, 0) is 23.3 Å². The van der Waals surface area contributed by atoms with Gasteiger partial charge in [-0.05, 0) is 26.7 Å². The Hall–Kier alpha value is 0.460. The van der Waals surface area contributed by atoms with Crippen molar-refractivity contribution in [3.63, 3.8) is 0 Å². The van der Waals surface area contributed by atoms with E-state index >= 15 is 0 Å². The van der Waals surface area contributed by atoms with Gasteiger partial charge in [-0.3, -0.25) is 0 Å². The highest BCUT2D eigenvalue weighted by atomic mass is 32.2. The summed E-state index contributed by atoms with van der Waals surface area (Å²) in [4.78, 5) is 9.55. The molecule has 0 saturated heterocycles. The van der Waals surface area contributed by atoms with E-state index in [0.717, 1.165) is 18.6 Å². The largest absolute Gasteiger partial charge is 0.379 e. The molecular formula is C10H23NO5S2. The molecule has 0 fully saturated rings. The molecule has 0 heterocycles.